The Hall–Kier alpha value is -0.380. The van der Waals surface area contributed by atoms with Crippen LogP contribution in [0.15, 0.2) is 16.8 Å². The molecule has 1 aromatic rings. The van der Waals surface area contributed by atoms with Crippen LogP contribution in [0, 0.1) is 11.3 Å². The van der Waals surface area contributed by atoms with Gasteiger partial charge in [-0.3, -0.25) is 0 Å². The van der Waals surface area contributed by atoms with Crippen molar-refractivity contribution in [3.8, 4) is 0 Å². The SMILES string of the molecule is CCCNCC1(CCc2ccsc2)CCOC1C1CC1. The molecule has 0 amide bonds. The van der Waals surface area contributed by atoms with E-state index in [1.807, 2.05) is 11.3 Å². The highest BCUT2D eigenvalue weighted by molar-refractivity contribution is 7.07. The molecule has 0 radical (unpaired) electrons. The van der Waals surface area contributed by atoms with Crippen LogP contribution in [0.1, 0.15) is 44.6 Å². The molecule has 112 valence electrons. The molecule has 2 unspecified atom stereocenters. The molecular formula is C17H27NOS. The topological polar surface area (TPSA) is 21.3 Å². The zero-order valence-electron chi connectivity index (χ0n) is 12.6. The van der Waals surface area contributed by atoms with Crippen LogP contribution in [0.25, 0.3) is 0 Å². The Labute approximate surface area is 126 Å². The zero-order valence-corrected chi connectivity index (χ0v) is 13.4. The minimum atomic E-state index is 0.387. The van der Waals surface area contributed by atoms with Crippen molar-refractivity contribution < 1.29 is 4.74 Å². The molecule has 1 N–H and O–H groups in total. The van der Waals surface area contributed by atoms with E-state index in [2.05, 4.69) is 29.1 Å². The molecule has 2 atom stereocenters. The van der Waals surface area contributed by atoms with E-state index < -0.39 is 0 Å². The number of hydrogen-bond acceptors (Lipinski definition) is 3. The van der Waals surface area contributed by atoms with Gasteiger partial charge in [0.15, 0.2) is 0 Å². The average molecular weight is 293 g/mol. The second-order valence-electron chi connectivity index (χ2n) is 6.55. The lowest BCUT2D eigenvalue weighted by molar-refractivity contribution is 0.0267. The number of hydrogen-bond donors (Lipinski definition) is 1. The van der Waals surface area contributed by atoms with Gasteiger partial charge < -0.3 is 10.1 Å². The van der Waals surface area contributed by atoms with Crippen LogP contribution in [0.4, 0.5) is 0 Å². The maximum atomic E-state index is 6.16. The first-order chi connectivity index (χ1) is 9.84. The van der Waals surface area contributed by atoms with Crippen LogP contribution in [-0.2, 0) is 11.2 Å². The highest BCUT2D eigenvalue weighted by atomic mass is 32.1. The Kier molecular flexibility index (Phi) is 4.79. The molecule has 3 heteroatoms. The summed E-state index contributed by atoms with van der Waals surface area (Å²) < 4.78 is 6.16. The number of aryl methyl sites for hydroxylation is 1. The van der Waals surface area contributed by atoms with Crippen molar-refractivity contribution in [2.45, 2.75) is 51.6 Å². The molecule has 0 spiro atoms. The molecular weight excluding hydrogens is 266 g/mol. The van der Waals surface area contributed by atoms with Crippen LogP contribution >= 0.6 is 11.3 Å². The van der Waals surface area contributed by atoms with Gasteiger partial charge in [-0.15, -0.1) is 0 Å². The van der Waals surface area contributed by atoms with Gasteiger partial charge in [-0.05, 0) is 73.4 Å². The fourth-order valence-corrected chi connectivity index (χ4v) is 4.33. The van der Waals surface area contributed by atoms with Gasteiger partial charge in [0.25, 0.3) is 0 Å². The number of thiophene rings is 1. The molecule has 2 fully saturated rings. The summed E-state index contributed by atoms with van der Waals surface area (Å²) in [7, 11) is 0. The highest BCUT2D eigenvalue weighted by Crippen LogP contribution is 2.49. The van der Waals surface area contributed by atoms with Crippen LogP contribution < -0.4 is 5.32 Å². The maximum absolute atomic E-state index is 6.16. The summed E-state index contributed by atoms with van der Waals surface area (Å²) in [6, 6.07) is 2.28. The summed E-state index contributed by atoms with van der Waals surface area (Å²) in [6.45, 7) is 5.50. The molecule has 3 rings (SSSR count). The van der Waals surface area contributed by atoms with E-state index in [0.29, 0.717) is 11.5 Å². The molecule has 1 aromatic heterocycles. The number of nitrogens with one attached hydrogen (secondary N) is 1. The second-order valence-corrected chi connectivity index (χ2v) is 7.33. The molecule has 0 aromatic carbocycles. The van der Waals surface area contributed by atoms with Crippen LogP contribution in [0.2, 0.25) is 0 Å². The van der Waals surface area contributed by atoms with Crippen molar-refractivity contribution in [3.05, 3.63) is 22.4 Å². The Morgan fingerprint density at radius 1 is 1.45 bits per heavy atom. The fourth-order valence-electron chi connectivity index (χ4n) is 3.63. The van der Waals surface area contributed by atoms with Gasteiger partial charge in [0, 0.05) is 18.6 Å². The van der Waals surface area contributed by atoms with Gasteiger partial charge in [-0.2, -0.15) is 11.3 Å². The van der Waals surface area contributed by atoms with Gasteiger partial charge in [0.05, 0.1) is 6.10 Å². The molecule has 2 aliphatic rings. The van der Waals surface area contributed by atoms with E-state index in [4.69, 9.17) is 4.74 Å². The monoisotopic (exact) mass is 293 g/mol. The summed E-state index contributed by atoms with van der Waals surface area (Å²) in [5, 5.41) is 8.18. The largest absolute Gasteiger partial charge is 0.377 e. The van der Waals surface area contributed by atoms with Crippen molar-refractivity contribution >= 4 is 11.3 Å². The lowest BCUT2D eigenvalue weighted by atomic mass is 9.74. The minimum absolute atomic E-state index is 0.387. The van der Waals surface area contributed by atoms with Crippen molar-refractivity contribution in [2.24, 2.45) is 11.3 Å². The summed E-state index contributed by atoms with van der Waals surface area (Å²) >= 11 is 1.82. The van der Waals surface area contributed by atoms with Crippen molar-refractivity contribution in [1.29, 1.82) is 0 Å². The minimum Gasteiger partial charge on any atom is -0.377 e. The second kappa shape index (κ2) is 6.59. The molecule has 1 saturated carbocycles. The van der Waals surface area contributed by atoms with E-state index in [9.17, 15) is 0 Å². The van der Waals surface area contributed by atoms with Gasteiger partial charge >= 0.3 is 0 Å². The molecule has 2 nitrogen and oxygen atoms in total. The van der Waals surface area contributed by atoms with E-state index in [1.54, 1.807) is 0 Å². The summed E-state index contributed by atoms with van der Waals surface area (Å²) in [5.74, 6) is 0.850. The maximum Gasteiger partial charge on any atom is 0.0672 e. The van der Waals surface area contributed by atoms with E-state index in [-0.39, 0.29) is 0 Å². The third kappa shape index (κ3) is 3.26. The summed E-state index contributed by atoms with van der Waals surface area (Å²) in [4.78, 5) is 0. The normalized spacial score (nSPS) is 29.9. The average Bonchev–Trinajstić information content (AvgIpc) is 3.01. The molecule has 20 heavy (non-hydrogen) atoms. The van der Waals surface area contributed by atoms with Gasteiger partial charge in [-0.25, -0.2) is 0 Å². The third-order valence-electron chi connectivity index (χ3n) is 4.95. The molecule has 1 aliphatic heterocycles. The van der Waals surface area contributed by atoms with Crippen LogP contribution in [0.3, 0.4) is 0 Å². The Morgan fingerprint density at radius 2 is 2.35 bits per heavy atom. The highest BCUT2D eigenvalue weighted by Gasteiger charge is 2.50. The smallest absolute Gasteiger partial charge is 0.0672 e. The standard InChI is InChI=1S/C17H27NOS/c1-2-9-18-13-17(7-5-14-6-11-20-12-14)8-10-19-16(17)15-3-4-15/h6,11-12,15-16,18H,2-5,7-10,13H2,1H3. The Bertz CT molecular complexity index is 401. The van der Waals surface area contributed by atoms with Gasteiger partial charge in [0.2, 0.25) is 0 Å². The zero-order chi connectivity index (χ0) is 13.8. The lowest BCUT2D eigenvalue weighted by Crippen LogP contribution is -2.42. The summed E-state index contributed by atoms with van der Waals surface area (Å²) in [6.07, 6.45) is 8.25. The fraction of sp³-hybridized carbons (Fsp3) is 0.765. The third-order valence-corrected chi connectivity index (χ3v) is 5.68. The first-order valence-electron chi connectivity index (χ1n) is 8.17. The van der Waals surface area contributed by atoms with E-state index in [1.165, 1.54) is 44.1 Å². The van der Waals surface area contributed by atoms with Gasteiger partial charge in [0.1, 0.15) is 0 Å². The van der Waals surface area contributed by atoms with Crippen LogP contribution in [-0.4, -0.2) is 25.8 Å². The Morgan fingerprint density at radius 3 is 3.05 bits per heavy atom. The molecule has 0 bridgehead atoms. The van der Waals surface area contributed by atoms with E-state index in [0.717, 1.165) is 25.6 Å². The Balaban J connectivity index is 1.65. The van der Waals surface area contributed by atoms with Gasteiger partial charge in [-0.1, -0.05) is 6.92 Å². The quantitative estimate of drug-likeness (QED) is 0.735. The molecule has 1 aliphatic carbocycles. The summed E-state index contributed by atoms with van der Waals surface area (Å²) in [5.41, 5.74) is 1.89. The van der Waals surface area contributed by atoms with Crippen LogP contribution in [0.5, 0.6) is 0 Å². The molecule has 2 heterocycles. The number of ether oxygens (including phenoxy) is 1. The van der Waals surface area contributed by atoms with Crippen molar-refractivity contribution in [2.75, 3.05) is 19.7 Å². The predicted molar refractivity (Wildman–Crippen MR) is 85.3 cm³/mol. The lowest BCUT2D eigenvalue weighted by Gasteiger charge is -2.35. The molecule has 1 saturated heterocycles. The number of rotatable bonds is 8. The first kappa shape index (κ1) is 14.6. The van der Waals surface area contributed by atoms with Crippen molar-refractivity contribution in [3.63, 3.8) is 0 Å². The predicted octanol–water partition coefficient (Wildman–Crippen LogP) is 3.87. The first-order valence-corrected chi connectivity index (χ1v) is 9.12. The van der Waals surface area contributed by atoms with Crippen molar-refractivity contribution in [1.82, 2.24) is 5.32 Å². The van der Waals surface area contributed by atoms with E-state index >= 15 is 0 Å².